The second-order valence-electron chi connectivity index (χ2n) is 1.52. The molecule has 0 aromatic carbocycles. The van der Waals surface area contributed by atoms with Crippen molar-refractivity contribution >= 4 is 0 Å². The number of hydrogen-bond donors (Lipinski definition) is 0. The van der Waals surface area contributed by atoms with E-state index in [1.165, 1.54) is 0 Å². The number of halogens is 2. The van der Waals surface area contributed by atoms with Crippen molar-refractivity contribution in [1.29, 1.82) is 0 Å². The molecule has 0 N–H and O–H groups in total. The van der Waals surface area contributed by atoms with Crippen molar-refractivity contribution in [3.05, 3.63) is 0 Å². The van der Waals surface area contributed by atoms with Gasteiger partial charge in [0.15, 0.2) is 0 Å². The van der Waals surface area contributed by atoms with Crippen LogP contribution < -0.4 is 0 Å². The predicted octanol–water partition coefficient (Wildman–Crippen LogP) is 0.693. The lowest BCUT2D eigenvalue weighted by Gasteiger charge is -1.73. The second-order valence-corrected chi connectivity index (χ2v) is 1.52. The maximum atomic E-state index is 11.3. The van der Waals surface area contributed by atoms with Gasteiger partial charge < -0.3 is 4.74 Å². The molecule has 0 saturated carbocycles. The van der Waals surface area contributed by atoms with Gasteiger partial charge in [0.25, 0.3) is 0 Å². The Hall–Kier alpha value is -0.180. The van der Waals surface area contributed by atoms with Gasteiger partial charge in [-0.05, 0) is 0 Å². The fourth-order valence-electron chi connectivity index (χ4n) is 0.451. The van der Waals surface area contributed by atoms with Gasteiger partial charge in [-0.3, -0.25) is 0 Å². The summed E-state index contributed by atoms with van der Waals surface area (Å²) in [5, 5.41) is 0. The lowest BCUT2D eigenvalue weighted by Crippen LogP contribution is -1.96. The summed E-state index contributed by atoms with van der Waals surface area (Å²) in [6, 6.07) is 0. The molecule has 0 amide bonds. The minimum Gasteiger partial charge on any atom is -0.364 e. The Morgan fingerprint density at radius 2 is 1.57 bits per heavy atom. The van der Waals surface area contributed by atoms with Gasteiger partial charge in [0.1, 0.15) is 25.6 Å². The van der Waals surface area contributed by atoms with Gasteiger partial charge in [-0.2, -0.15) is 0 Å². The molecule has 1 aliphatic heterocycles. The first-order valence-corrected chi connectivity index (χ1v) is 2.16. The summed E-state index contributed by atoms with van der Waals surface area (Å²) in [7, 11) is 0. The minimum atomic E-state index is -0.547. The molecular formula is C4H6F2O. The van der Waals surface area contributed by atoms with Crippen LogP contribution in [0.1, 0.15) is 0 Å². The average Bonchev–Trinajstić information content (AvgIpc) is 2.43. The van der Waals surface area contributed by atoms with Crippen LogP contribution in [-0.4, -0.2) is 25.6 Å². The van der Waals surface area contributed by atoms with Crippen molar-refractivity contribution in [2.75, 3.05) is 13.3 Å². The highest BCUT2D eigenvalue weighted by Gasteiger charge is 2.38. The first kappa shape index (κ1) is 4.97. The number of ether oxygens (including phenoxy) is 1. The molecule has 0 radical (unpaired) electrons. The van der Waals surface area contributed by atoms with E-state index in [0.29, 0.717) is 0 Å². The SMILES string of the molecule is FCC1OC1CF. The molecule has 1 rings (SSSR count). The van der Waals surface area contributed by atoms with Gasteiger partial charge in [0, 0.05) is 0 Å². The van der Waals surface area contributed by atoms with E-state index in [0.717, 1.165) is 0 Å². The normalized spacial score (nSPS) is 38.6. The highest BCUT2D eigenvalue weighted by atomic mass is 19.1. The van der Waals surface area contributed by atoms with Crippen molar-refractivity contribution in [1.82, 2.24) is 0 Å². The molecule has 2 unspecified atom stereocenters. The van der Waals surface area contributed by atoms with Gasteiger partial charge in [0.2, 0.25) is 0 Å². The highest BCUT2D eigenvalue weighted by Crippen LogP contribution is 2.21. The summed E-state index contributed by atoms with van der Waals surface area (Å²) >= 11 is 0. The van der Waals surface area contributed by atoms with E-state index in [1.807, 2.05) is 0 Å². The smallest absolute Gasteiger partial charge is 0.118 e. The molecule has 1 saturated heterocycles. The van der Waals surface area contributed by atoms with Crippen LogP contribution in [0.15, 0.2) is 0 Å². The Bertz CT molecular complexity index is 58.7. The number of rotatable bonds is 2. The third kappa shape index (κ3) is 0.881. The Morgan fingerprint density at radius 3 is 1.71 bits per heavy atom. The van der Waals surface area contributed by atoms with Crippen LogP contribution in [0.5, 0.6) is 0 Å². The van der Waals surface area contributed by atoms with Gasteiger partial charge in [-0.1, -0.05) is 0 Å². The van der Waals surface area contributed by atoms with E-state index in [-0.39, 0.29) is 0 Å². The van der Waals surface area contributed by atoms with E-state index >= 15 is 0 Å². The molecule has 2 atom stereocenters. The highest BCUT2D eigenvalue weighted by molar-refractivity contribution is 4.82. The Balaban J connectivity index is 2.06. The summed E-state index contributed by atoms with van der Waals surface area (Å²) in [5.41, 5.74) is 0. The molecular weight excluding hydrogens is 102 g/mol. The largest absolute Gasteiger partial charge is 0.364 e. The Kier molecular flexibility index (Phi) is 1.23. The molecule has 0 aromatic heterocycles. The van der Waals surface area contributed by atoms with Crippen molar-refractivity contribution in [3.8, 4) is 0 Å². The third-order valence-corrected chi connectivity index (χ3v) is 0.992. The van der Waals surface area contributed by atoms with E-state index in [9.17, 15) is 8.78 Å². The van der Waals surface area contributed by atoms with Crippen LogP contribution in [0.2, 0.25) is 0 Å². The zero-order chi connectivity index (χ0) is 5.28. The van der Waals surface area contributed by atoms with Gasteiger partial charge in [0.05, 0.1) is 0 Å². The fourth-order valence-corrected chi connectivity index (χ4v) is 0.451. The van der Waals surface area contributed by atoms with Crippen LogP contribution in [0.25, 0.3) is 0 Å². The predicted molar refractivity (Wildman–Crippen MR) is 20.6 cm³/mol. The molecule has 1 heterocycles. The number of hydrogen-bond acceptors (Lipinski definition) is 1. The van der Waals surface area contributed by atoms with Gasteiger partial charge in [-0.15, -0.1) is 0 Å². The van der Waals surface area contributed by atoms with E-state index in [2.05, 4.69) is 4.74 Å². The summed E-state index contributed by atoms with van der Waals surface area (Å²) in [6.07, 6.45) is -0.852. The van der Waals surface area contributed by atoms with Gasteiger partial charge >= 0.3 is 0 Å². The fraction of sp³-hybridized carbons (Fsp3) is 1.00. The van der Waals surface area contributed by atoms with Crippen LogP contribution in [0, 0.1) is 0 Å². The molecule has 0 aliphatic carbocycles. The summed E-state index contributed by atoms with van der Waals surface area (Å²) in [6.45, 7) is -1.09. The second kappa shape index (κ2) is 1.74. The topological polar surface area (TPSA) is 12.5 Å². The summed E-state index contributed by atoms with van der Waals surface area (Å²) in [5.74, 6) is 0. The van der Waals surface area contributed by atoms with Crippen molar-refractivity contribution < 1.29 is 13.5 Å². The monoisotopic (exact) mass is 108 g/mol. The molecule has 42 valence electrons. The van der Waals surface area contributed by atoms with E-state index < -0.39 is 25.6 Å². The first-order chi connectivity index (χ1) is 3.38. The van der Waals surface area contributed by atoms with E-state index in [1.54, 1.807) is 0 Å². The van der Waals surface area contributed by atoms with Crippen molar-refractivity contribution in [2.24, 2.45) is 0 Å². The molecule has 0 aromatic rings. The molecule has 0 bridgehead atoms. The summed E-state index contributed by atoms with van der Waals surface area (Å²) < 4.78 is 27.1. The molecule has 7 heavy (non-hydrogen) atoms. The number of alkyl halides is 2. The first-order valence-electron chi connectivity index (χ1n) is 2.16. The number of epoxide rings is 1. The molecule has 1 aliphatic rings. The third-order valence-electron chi connectivity index (χ3n) is 0.992. The maximum absolute atomic E-state index is 11.3. The maximum Gasteiger partial charge on any atom is 0.118 e. The molecule has 3 heteroatoms. The average molecular weight is 108 g/mol. The van der Waals surface area contributed by atoms with Crippen LogP contribution in [0.3, 0.4) is 0 Å². The van der Waals surface area contributed by atoms with Crippen molar-refractivity contribution in [2.45, 2.75) is 12.2 Å². The lowest BCUT2D eigenvalue weighted by molar-refractivity contribution is 0.310. The van der Waals surface area contributed by atoms with Crippen LogP contribution in [-0.2, 0) is 4.74 Å². The molecule has 1 nitrogen and oxygen atoms in total. The molecule has 0 spiro atoms. The zero-order valence-corrected chi connectivity index (χ0v) is 3.73. The van der Waals surface area contributed by atoms with Gasteiger partial charge in [-0.25, -0.2) is 8.78 Å². The van der Waals surface area contributed by atoms with Crippen LogP contribution >= 0.6 is 0 Å². The van der Waals surface area contributed by atoms with E-state index in [4.69, 9.17) is 0 Å². The Labute approximate surface area is 40.3 Å². The zero-order valence-electron chi connectivity index (χ0n) is 3.73. The van der Waals surface area contributed by atoms with Crippen molar-refractivity contribution in [3.63, 3.8) is 0 Å². The van der Waals surface area contributed by atoms with Crippen LogP contribution in [0.4, 0.5) is 8.78 Å². The Morgan fingerprint density at radius 1 is 1.14 bits per heavy atom. The summed E-state index contributed by atoms with van der Waals surface area (Å²) in [4.78, 5) is 0. The molecule has 1 fully saturated rings. The standard InChI is InChI=1S/C4H6F2O/c5-1-3-4(2-6)7-3/h3-4H,1-2H2. The quantitative estimate of drug-likeness (QED) is 0.474. The lowest BCUT2D eigenvalue weighted by atomic mass is 10.4. The minimum absolute atomic E-state index is 0.426.